The van der Waals surface area contributed by atoms with Crippen LogP contribution in [-0.4, -0.2) is 60.0 Å². The van der Waals surface area contributed by atoms with Crippen LogP contribution in [0.4, 0.5) is 0 Å². The number of aryl methyl sites for hydroxylation is 1. The van der Waals surface area contributed by atoms with Crippen molar-refractivity contribution in [2.75, 3.05) is 26.2 Å². The summed E-state index contributed by atoms with van der Waals surface area (Å²) in [5.74, 6) is 1.53. The third-order valence-corrected chi connectivity index (χ3v) is 6.46. The highest BCUT2D eigenvalue weighted by Crippen LogP contribution is 2.24. The summed E-state index contributed by atoms with van der Waals surface area (Å²) in [4.78, 5) is 6.45. The lowest BCUT2D eigenvalue weighted by Gasteiger charge is -2.23. The first-order valence-electron chi connectivity index (χ1n) is 8.77. The van der Waals surface area contributed by atoms with Crippen molar-refractivity contribution in [3.8, 4) is 0 Å². The van der Waals surface area contributed by atoms with Gasteiger partial charge in [0, 0.05) is 39.1 Å². The zero-order valence-electron chi connectivity index (χ0n) is 14.8. The summed E-state index contributed by atoms with van der Waals surface area (Å²) in [5, 5.41) is 3.94. The van der Waals surface area contributed by atoms with Crippen molar-refractivity contribution in [3.05, 3.63) is 11.7 Å². The zero-order valence-corrected chi connectivity index (χ0v) is 16.5. The fourth-order valence-electron chi connectivity index (χ4n) is 3.69. The number of aromatic nitrogens is 2. The largest absolute Gasteiger partial charge is 0.340 e. The molecule has 2 aliphatic heterocycles. The number of nitrogens with one attached hydrogen (secondary N) is 1. The third-order valence-electron chi connectivity index (χ3n) is 4.82. The summed E-state index contributed by atoms with van der Waals surface area (Å²) in [5.41, 5.74) is 0. The number of rotatable bonds is 7. The lowest BCUT2D eigenvalue weighted by atomic mass is 9.99. The number of halogens is 1. The molecule has 0 spiro atoms. The molecular weight excluding hydrogens is 366 g/mol. The van der Waals surface area contributed by atoms with Crippen LogP contribution < -0.4 is 4.72 Å². The fourth-order valence-corrected chi connectivity index (χ4v) is 5.22. The van der Waals surface area contributed by atoms with E-state index >= 15 is 0 Å². The molecule has 0 amide bonds. The van der Waals surface area contributed by atoms with Gasteiger partial charge in [-0.1, -0.05) is 18.5 Å². The summed E-state index contributed by atoms with van der Waals surface area (Å²) in [6.45, 7) is 7.31. The van der Waals surface area contributed by atoms with Crippen molar-refractivity contribution in [2.45, 2.75) is 52.1 Å². The van der Waals surface area contributed by atoms with Crippen LogP contribution in [0.25, 0.3) is 0 Å². The van der Waals surface area contributed by atoms with Crippen LogP contribution in [0.5, 0.6) is 0 Å². The molecule has 0 saturated carbocycles. The van der Waals surface area contributed by atoms with Gasteiger partial charge in [0.25, 0.3) is 10.2 Å². The van der Waals surface area contributed by atoms with Gasteiger partial charge in [0.15, 0.2) is 5.82 Å². The minimum atomic E-state index is -3.38. The molecule has 25 heavy (non-hydrogen) atoms. The first-order chi connectivity index (χ1) is 11.5. The van der Waals surface area contributed by atoms with Gasteiger partial charge >= 0.3 is 0 Å². The number of nitrogens with zero attached hydrogens (tertiary/aromatic N) is 4. The van der Waals surface area contributed by atoms with E-state index in [9.17, 15) is 8.42 Å². The van der Waals surface area contributed by atoms with Gasteiger partial charge in [0.2, 0.25) is 5.89 Å². The number of hydrogen-bond acceptors (Lipinski definition) is 6. The van der Waals surface area contributed by atoms with E-state index in [0.717, 1.165) is 32.2 Å². The first kappa shape index (κ1) is 20.6. The van der Waals surface area contributed by atoms with Crippen LogP contribution in [0.3, 0.4) is 0 Å². The second-order valence-corrected chi connectivity index (χ2v) is 8.51. The smallest absolute Gasteiger partial charge is 0.279 e. The molecule has 3 heterocycles. The molecule has 0 radical (unpaired) electrons. The van der Waals surface area contributed by atoms with E-state index in [0.29, 0.717) is 43.8 Å². The van der Waals surface area contributed by atoms with Crippen LogP contribution in [0.15, 0.2) is 4.52 Å². The van der Waals surface area contributed by atoms with Crippen LogP contribution in [-0.2, 0) is 16.8 Å². The normalized spacial score (nSPS) is 25.4. The highest BCUT2D eigenvalue weighted by molar-refractivity contribution is 7.87. The molecule has 8 nitrogen and oxygen atoms in total. The van der Waals surface area contributed by atoms with Crippen LogP contribution in [0.2, 0.25) is 0 Å². The topological polar surface area (TPSA) is 91.6 Å². The average Bonchev–Trinajstić information content (AvgIpc) is 3.23. The van der Waals surface area contributed by atoms with E-state index in [-0.39, 0.29) is 18.4 Å². The Morgan fingerprint density at radius 3 is 2.60 bits per heavy atom. The summed E-state index contributed by atoms with van der Waals surface area (Å²) in [6, 6.07) is -0.0523. The van der Waals surface area contributed by atoms with Crippen LogP contribution in [0, 0.1) is 12.8 Å². The maximum absolute atomic E-state index is 12.6. The molecule has 10 heteroatoms. The van der Waals surface area contributed by atoms with Gasteiger partial charge in [-0.2, -0.15) is 22.4 Å². The lowest BCUT2D eigenvalue weighted by molar-refractivity contribution is 0.295. The van der Waals surface area contributed by atoms with Gasteiger partial charge in [0.1, 0.15) is 0 Å². The average molecular weight is 394 g/mol. The summed E-state index contributed by atoms with van der Waals surface area (Å²) >= 11 is 0. The summed E-state index contributed by atoms with van der Waals surface area (Å²) in [6.07, 6.45) is 3.96. The van der Waals surface area contributed by atoms with E-state index < -0.39 is 10.2 Å². The van der Waals surface area contributed by atoms with E-state index in [1.807, 2.05) is 0 Å². The van der Waals surface area contributed by atoms with Crippen LogP contribution in [0.1, 0.15) is 44.3 Å². The molecule has 1 aromatic rings. The van der Waals surface area contributed by atoms with Crippen molar-refractivity contribution >= 4 is 22.6 Å². The van der Waals surface area contributed by atoms with Crippen molar-refractivity contribution in [3.63, 3.8) is 0 Å². The quantitative estimate of drug-likeness (QED) is 0.751. The Hall–Kier alpha value is -0.740. The Kier molecular flexibility index (Phi) is 7.21. The molecular formula is C15H28ClN5O3S. The van der Waals surface area contributed by atoms with Crippen LogP contribution >= 0.6 is 12.4 Å². The van der Waals surface area contributed by atoms with Gasteiger partial charge in [-0.05, 0) is 25.2 Å². The molecule has 2 saturated heterocycles. The van der Waals surface area contributed by atoms with Crippen molar-refractivity contribution in [2.24, 2.45) is 5.92 Å². The van der Waals surface area contributed by atoms with E-state index in [2.05, 4.69) is 26.7 Å². The Balaban J connectivity index is 0.00000225. The van der Waals surface area contributed by atoms with Crippen molar-refractivity contribution in [1.82, 2.24) is 24.1 Å². The van der Waals surface area contributed by atoms with Gasteiger partial charge in [-0.15, -0.1) is 12.4 Å². The third kappa shape index (κ3) is 5.13. The predicted octanol–water partition coefficient (Wildman–Crippen LogP) is 1.33. The minimum Gasteiger partial charge on any atom is -0.340 e. The molecule has 0 aromatic carbocycles. The second-order valence-electron chi connectivity index (χ2n) is 6.81. The minimum absolute atomic E-state index is 0. The maximum Gasteiger partial charge on any atom is 0.279 e. The van der Waals surface area contributed by atoms with Gasteiger partial charge in [0.05, 0.1) is 6.54 Å². The Morgan fingerprint density at radius 2 is 2.00 bits per heavy atom. The Bertz CT molecular complexity index is 647. The molecule has 0 unspecified atom stereocenters. The Labute approximate surface area is 155 Å². The molecule has 0 bridgehead atoms. The molecule has 2 atom stereocenters. The highest BCUT2D eigenvalue weighted by Gasteiger charge is 2.37. The zero-order chi connectivity index (χ0) is 17.2. The monoisotopic (exact) mass is 393 g/mol. The standard InChI is InChI=1S/C15H27N5O3S.ClH/c1-3-6-13-9-19(11-15-16-12(2)23-17-15)10-14(13)18-24(21,22)20-7-4-5-8-20;/h13-14,18H,3-11H2,1-2H3;1H/t13-,14-;/m0./s1. The molecule has 1 aromatic heterocycles. The fraction of sp³-hybridized carbons (Fsp3) is 0.867. The number of likely N-dealkylation sites (tertiary alicyclic amines) is 1. The number of hydrogen-bond donors (Lipinski definition) is 1. The maximum atomic E-state index is 12.6. The summed E-state index contributed by atoms with van der Waals surface area (Å²) < 4.78 is 34.7. The van der Waals surface area contributed by atoms with E-state index in [1.165, 1.54) is 0 Å². The molecule has 1 N–H and O–H groups in total. The molecule has 144 valence electrons. The predicted molar refractivity (Wildman–Crippen MR) is 96.6 cm³/mol. The highest BCUT2D eigenvalue weighted by atomic mass is 35.5. The van der Waals surface area contributed by atoms with Crippen molar-refractivity contribution in [1.29, 1.82) is 0 Å². The molecule has 0 aliphatic carbocycles. The van der Waals surface area contributed by atoms with Gasteiger partial charge < -0.3 is 4.52 Å². The molecule has 2 aliphatic rings. The lowest BCUT2D eigenvalue weighted by Crippen LogP contribution is -2.47. The molecule has 2 fully saturated rings. The Morgan fingerprint density at radius 1 is 1.28 bits per heavy atom. The van der Waals surface area contributed by atoms with E-state index in [1.54, 1.807) is 11.2 Å². The summed E-state index contributed by atoms with van der Waals surface area (Å²) in [7, 11) is -3.38. The van der Waals surface area contributed by atoms with Gasteiger partial charge in [-0.25, -0.2) is 0 Å². The van der Waals surface area contributed by atoms with Gasteiger partial charge in [-0.3, -0.25) is 4.90 Å². The SMILES string of the molecule is CCC[C@H]1CN(Cc2noc(C)n2)C[C@@H]1NS(=O)(=O)N1CCCC1.Cl. The first-order valence-corrected chi connectivity index (χ1v) is 10.2. The molecule has 3 rings (SSSR count). The second kappa shape index (κ2) is 8.77. The van der Waals surface area contributed by atoms with Crippen molar-refractivity contribution < 1.29 is 12.9 Å². The van der Waals surface area contributed by atoms with E-state index in [4.69, 9.17) is 4.52 Å².